The molecule has 2 N–H and O–H groups in total. The largest absolute Gasteiger partial charge is 0.456 e. The van der Waals surface area contributed by atoms with Crippen LogP contribution >= 0.6 is 11.3 Å². The molecule has 7 heteroatoms. The van der Waals surface area contributed by atoms with E-state index in [1.165, 1.54) is 18.3 Å². The Balaban J connectivity index is 1.69. The highest BCUT2D eigenvalue weighted by Gasteiger charge is 2.16. The van der Waals surface area contributed by atoms with E-state index in [0.717, 1.165) is 34.6 Å². The highest BCUT2D eigenvalue weighted by atomic mass is 32.1. The molecule has 0 saturated heterocycles. The number of nitrogens with zero attached hydrogens (tertiary/aromatic N) is 1. The van der Waals surface area contributed by atoms with Crippen molar-refractivity contribution in [3.63, 3.8) is 0 Å². The van der Waals surface area contributed by atoms with Crippen LogP contribution in [0.15, 0.2) is 40.1 Å². The molecule has 0 aliphatic rings. The van der Waals surface area contributed by atoms with Crippen LogP contribution in [0.5, 0.6) is 0 Å². The van der Waals surface area contributed by atoms with Gasteiger partial charge in [-0.2, -0.15) is 0 Å². The van der Waals surface area contributed by atoms with Gasteiger partial charge in [0.15, 0.2) is 10.9 Å². The van der Waals surface area contributed by atoms with Gasteiger partial charge in [-0.05, 0) is 31.0 Å². The van der Waals surface area contributed by atoms with Gasteiger partial charge in [0.2, 0.25) is 5.91 Å². The van der Waals surface area contributed by atoms with Gasteiger partial charge in [-0.1, -0.05) is 31.2 Å². The summed E-state index contributed by atoms with van der Waals surface area (Å²) in [6, 6.07) is 9.53. The van der Waals surface area contributed by atoms with E-state index in [0.29, 0.717) is 10.9 Å². The van der Waals surface area contributed by atoms with Crippen molar-refractivity contribution >= 4 is 28.3 Å². The van der Waals surface area contributed by atoms with E-state index < -0.39 is 0 Å². The number of aryl methyl sites for hydroxylation is 2. The molecule has 0 fully saturated rings. The molecule has 146 valence electrons. The topological polar surface area (TPSA) is 84.2 Å². The molecule has 6 nitrogen and oxygen atoms in total. The van der Waals surface area contributed by atoms with Crippen LogP contribution in [0.3, 0.4) is 0 Å². The summed E-state index contributed by atoms with van der Waals surface area (Å²) in [4.78, 5) is 28.1. The van der Waals surface area contributed by atoms with Gasteiger partial charge < -0.3 is 9.73 Å². The number of hydrogen-bond donors (Lipinski definition) is 2. The number of anilines is 1. The fraction of sp³-hybridized carbons (Fsp3) is 0.286. The fourth-order valence-corrected chi connectivity index (χ4v) is 3.65. The first-order valence-electron chi connectivity index (χ1n) is 9.11. The highest BCUT2D eigenvalue weighted by molar-refractivity contribution is 7.14. The molecular formula is C21H23N3O3S. The monoisotopic (exact) mass is 397 g/mol. The van der Waals surface area contributed by atoms with Crippen molar-refractivity contribution < 1.29 is 14.0 Å². The maximum absolute atomic E-state index is 12.4. The van der Waals surface area contributed by atoms with E-state index >= 15 is 0 Å². The first kappa shape index (κ1) is 19.8. The van der Waals surface area contributed by atoms with Crippen LogP contribution in [0, 0.1) is 6.92 Å². The summed E-state index contributed by atoms with van der Waals surface area (Å²) in [7, 11) is 0. The molecule has 0 aliphatic heterocycles. The number of benzene rings is 1. The second-order valence-corrected chi connectivity index (χ2v) is 7.46. The molecule has 28 heavy (non-hydrogen) atoms. The molecular weight excluding hydrogens is 374 g/mol. The molecule has 3 aromatic rings. The Morgan fingerprint density at radius 1 is 1.25 bits per heavy atom. The minimum absolute atomic E-state index is 0.0541. The zero-order chi connectivity index (χ0) is 20.3. The molecule has 2 amide bonds. The van der Waals surface area contributed by atoms with E-state index in [4.69, 9.17) is 4.42 Å². The van der Waals surface area contributed by atoms with Crippen LogP contribution in [-0.4, -0.2) is 16.8 Å². The smallest absolute Gasteiger partial charge is 0.293 e. The Labute approximate surface area is 168 Å². The zero-order valence-corrected chi connectivity index (χ0v) is 17.1. The van der Waals surface area contributed by atoms with Crippen LogP contribution in [-0.2, 0) is 11.2 Å². The number of hydrogen-bond acceptors (Lipinski definition) is 5. The molecule has 3 rings (SSSR count). The second-order valence-electron chi connectivity index (χ2n) is 6.61. The average molecular weight is 398 g/mol. The van der Waals surface area contributed by atoms with Crippen molar-refractivity contribution in [1.29, 1.82) is 0 Å². The van der Waals surface area contributed by atoms with Crippen molar-refractivity contribution in [3.8, 4) is 11.3 Å². The van der Waals surface area contributed by atoms with Crippen molar-refractivity contribution in [2.75, 3.05) is 5.32 Å². The van der Waals surface area contributed by atoms with E-state index in [9.17, 15) is 9.59 Å². The molecule has 0 radical (unpaired) electrons. The molecule has 0 spiro atoms. The predicted octanol–water partition coefficient (Wildman–Crippen LogP) is 4.72. The molecule has 0 unspecified atom stereocenters. The molecule has 1 atom stereocenters. The minimum atomic E-state index is -0.303. The third kappa shape index (κ3) is 4.48. The normalized spacial score (nSPS) is 11.9. The third-order valence-corrected chi connectivity index (χ3v) is 5.17. The first-order valence-corrected chi connectivity index (χ1v) is 9.99. The Hall–Kier alpha value is -2.93. The molecule has 2 aromatic heterocycles. The van der Waals surface area contributed by atoms with E-state index in [1.807, 2.05) is 50.4 Å². The Bertz CT molecular complexity index is 989. The third-order valence-electron chi connectivity index (χ3n) is 4.42. The summed E-state index contributed by atoms with van der Waals surface area (Å²) >= 11 is 1.36. The lowest BCUT2D eigenvalue weighted by molar-refractivity contribution is -0.119. The van der Waals surface area contributed by atoms with Crippen LogP contribution < -0.4 is 10.6 Å². The lowest BCUT2D eigenvalue weighted by Crippen LogP contribution is -2.23. The molecule has 0 aliphatic carbocycles. The van der Waals surface area contributed by atoms with Crippen LogP contribution in [0.25, 0.3) is 11.3 Å². The standard InChI is InChI=1S/C21H23N3O3S/c1-5-18-12(2)10-19(27-18)20(26)24-21-23-17(11-28-21)16-8-6-15(7-9-16)13(3)22-14(4)25/h6-11,13H,5H2,1-4H3,(H,22,25)(H,23,24,26)/t13-/m1/s1. The van der Waals surface area contributed by atoms with E-state index in [-0.39, 0.29) is 17.9 Å². The van der Waals surface area contributed by atoms with Gasteiger partial charge in [-0.15, -0.1) is 11.3 Å². The number of aromatic nitrogens is 1. The molecule has 2 heterocycles. The highest BCUT2D eigenvalue weighted by Crippen LogP contribution is 2.27. The van der Waals surface area contributed by atoms with Crippen molar-refractivity contribution in [2.45, 2.75) is 40.2 Å². The lowest BCUT2D eigenvalue weighted by Gasteiger charge is -2.12. The van der Waals surface area contributed by atoms with E-state index in [1.54, 1.807) is 6.07 Å². The number of amides is 2. The quantitative estimate of drug-likeness (QED) is 0.630. The lowest BCUT2D eigenvalue weighted by atomic mass is 10.1. The van der Waals surface area contributed by atoms with Gasteiger partial charge >= 0.3 is 0 Å². The zero-order valence-electron chi connectivity index (χ0n) is 16.3. The molecule has 1 aromatic carbocycles. The number of thiazole rings is 1. The van der Waals surface area contributed by atoms with Gasteiger partial charge in [-0.25, -0.2) is 4.98 Å². The second kappa shape index (κ2) is 8.39. The summed E-state index contributed by atoms with van der Waals surface area (Å²) in [5, 5.41) is 8.06. The van der Waals surface area contributed by atoms with Crippen LogP contribution in [0.2, 0.25) is 0 Å². The average Bonchev–Trinajstić information content (AvgIpc) is 3.27. The van der Waals surface area contributed by atoms with E-state index in [2.05, 4.69) is 15.6 Å². The summed E-state index contributed by atoms with van der Waals surface area (Å²) < 4.78 is 5.59. The maximum Gasteiger partial charge on any atom is 0.293 e. The van der Waals surface area contributed by atoms with Crippen molar-refractivity contribution in [2.24, 2.45) is 0 Å². The summed E-state index contributed by atoms with van der Waals surface area (Å²) in [5.41, 5.74) is 3.71. The Kier molecular flexibility index (Phi) is 5.94. The van der Waals surface area contributed by atoms with Crippen LogP contribution in [0.1, 0.15) is 54.3 Å². The van der Waals surface area contributed by atoms with Crippen molar-refractivity contribution in [1.82, 2.24) is 10.3 Å². The van der Waals surface area contributed by atoms with Gasteiger partial charge in [0.1, 0.15) is 5.76 Å². The number of carbonyl (C=O) groups excluding carboxylic acids is 2. The van der Waals surface area contributed by atoms with Gasteiger partial charge in [0, 0.05) is 24.3 Å². The van der Waals surface area contributed by atoms with Crippen molar-refractivity contribution in [3.05, 3.63) is 58.4 Å². The minimum Gasteiger partial charge on any atom is -0.456 e. The summed E-state index contributed by atoms with van der Waals surface area (Å²) in [5.74, 6) is 0.749. The Morgan fingerprint density at radius 2 is 1.96 bits per heavy atom. The maximum atomic E-state index is 12.4. The Morgan fingerprint density at radius 3 is 2.57 bits per heavy atom. The molecule has 0 saturated carbocycles. The number of carbonyl (C=O) groups is 2. The summed E-state index contributed by atoms with van der Waals surface area (Å²) in [6.07, 6.45) is 0.747. The van der Waals surface area contributed by atoms with Gasteiger partial charge in [0.05, 0.1) is 11.7 Å². The predicted molar refractivity (Wildman–Crippen MR) is 111 cm³/mol. The van der Waals surface area contributed by atoms with Crippen LogP contribution in [0.4, 0.5) is 5.13 Å². The fourth-order valence-electron chi connectivity index (χ4n) is 2.94. The van der Waals surface area contributed by atoms with Gasteiger partial charge in [-0.3, -0.25) is 14.9 Å². The SMILES string of the molecule is CCc1oc(C(=O)Nc2nc(-c3ccc([C@@H](C)NC(C)=O)cc3)cs2)cc1C. The number of nitrogens with one attached hydrogen (secondary N) is 2. The first-order chi connectivity index (χ1) is 13.4. The summed E-state index contributed by atoms with van der Waals surface area (Å²) in [6.45, 7) is 7.36. The number of furan rings is 1. The molecule has 0 bridgehead atoms. The number of rotatable bonds is 6. The van der Waals surface area contributed by atoms with Gasteiger partial charge in [0.25, 0.3) is 5.91 Å².